The van der Waals surface area contributed by atoms with Gasteiger partial charge in [-0.1, -0.05) is 37.2 Å². The highest BCUT2D eigenvalue weighted by atomic mass is 35.5. The van der Waals surface area contributed by atoms with E-state index in [1.54, 1.807) is 6.33 Å². The van der Waals surface area contributed by atoms with E-state index in [0.717, 1.165) is 59.2 Å². The lowest BCUT2D eigenvalue weighted by atomic mass is 9.94. The van der Waals surface area contributed by atoms with E-state index in [2.05, 4.69) is 64.3 Å². The second-order valence-electron chi connectivity index (χ2n) is 8.82. The smallest absolute Gasteiger partial charge is 0.115 e. The fourth-order valence-corrected chi connectivity index (χ4v) is 5.02. The number of anilines is 1. The highest BCUT2D eigenvalue weighted by Gasteiger charge is 2.19. The van der Waals surface area contributed by atoms with Crippen LogP contribution in [-0.2, 0) is 13.0 Å². The van der Waals surface area contributed by atoms with E-state index in [-0.39, 0.29) is 0 Å². The van der Waals surface area contributed by atoms with Gasteiger partial charge in [0.1, 0.15) is 6.33 Å². The van der Waals surface area contributed by atoms with Crippen molar-refractivity contribution in [2.75, 3.05) is 18.5 Å². The molecule has 3 heterocycles. The Kier molecular flexibility index (Phi) is 6.20. The summed E-state index contributed by atoms with van der Waals surface area (Å²) in [7, 11) is 2.15. The van der Waals surface area contributed by atoms with Crippen LogP contribution in [0.5, 0.6) is 0 Å². The Morgan fingerprint density at radius 3 is 2.82 bits per heavy atom. The molecule has 4 aromatic rings. The monoisotopic (exact) mass is 469 g/mol. The SMILES string of the molecule is C=C(CC)c1cc2c(c(N=Cc3cc4cccc(Cl)c4n3Cc3cncnc3)c1)N(C)CCC2. The van der Waals surface area contributed by atoms with Crippen LogP contribution in [0, 0.1) is 0 Å². The van der Waals surface area contributed by atoms with Gasteiger partial charge in [-0.3, -0.25) is 4.99 Å². The molecule has 172 valence electrons. The van der Waals surface area contributed by atoms with Crippen LogP contribution in [0.25, 0.3) is 16.5 Å². The lowest BCUT2D eigenvalue weighted by Gasteiger charge is -2.29. The van der Waals surface area contributed by atoms with Crippen LogP contribution >= 0.6 is 11.6 Å². The number of aryl methyl sites for hydroxylation is 1. The maximum Gasteiger partial charge on any atom is 0.115 e. The van der Waals surface area contributed by atoms with Crippen molar-refractivity contribution >= 4 is 45.7 Å². The van der Waals surface area contributed by atoms with Gasteiger partial charge in [0.05, 0.1) is 40.4 Å². The number of hydrogen-bond acceptors (Lipinski definition) is 4. The molecule has 6 heteroatoms. The largest absolute Gasteiger partial charge is 0.373 e. The molecular weight excluding hydrogens is 442 g/mol. The molecule has 2 aromatic heterocycles. The minimum Gasteiger partial charge on any atom is -0.373 e. The molecule has 0 saturated carbocycles. The van der Waals surface area contributed by atoms with E-state index in [1.165, 1.54) is 16.8 Å². The van der Waals surface area contributed by atoms with E-state index in [4.69, 9.17) is 16.6 Å². The van der Waals surface area contributed by atoms with Crippen molar-refractivity contribution in [1.82, 2.24) is 14.5 Å². The molecule has 0 spiro atoms. The number of rotatable bonds is 6. The Morgan fingerprint density at radius 1 is 1.21 bits per heavy atom. The topological polar surface area (TPSA) is 46.3 Å². The number of nitrogens with zero attached hydrogens (tertiary/aromatic N) is 5. The van der Waals surface area contributed by atoms with Crippen molar-refractivity contribution < 1.29 is 0 Å². The van der Waals surface area contributed by atoms with Gasteiger partial charge in [-0.25, -0.2) is 9.97 Å². The van der Waals surface area contributed by atoms with Crippen molar-refractivity contribution in [3.63, 3.8) is 0 Å². The zero-order chi connectivity index (χ0) is 23.7. The van der Waals surface area contributed by atoms with E-state index in [1.807, 2.05) is 30.7 Å². The number of aliphatic imine (C=N–C) groups is 1. The molecule has 1 aliphatic heterocycles. The molecule has 5 rings (SSSR count). The van der Waals surface area contributed by atoms with Gasteiger partial charge in [-0.05, 0) is 60.2 Å². The number of allylic oxidation sites excluding steroid dienone is 1. The van der Waals surface area contributed by atoms with Gasteiger partial charge >= 0.3 is 0 Å². The van der Waals surface area contributed by atoms with Crippen molar-refractivity contribution in [2.24, 2.45) is 4.99 Å². The molecule has 0 amide bonds. The zero-order valence-electron chi connectivity index (χ0n) is 19.6. The summed E-state index contributed by atoms with van der Waals surface area (Å²) in [6, 6.07) is 12.6. The Morgan fingerprint density at radius 2 is 2.03 bits per heavy atom. The van der Waals surface area contributed by atoms with Gasteiger partial charge in [-0.2, -0.15) is 0 Å². The molecule has 2 aromatic carbocycles. The van der Waals surface area contributed by atoms with Gasteiger partial charge < -0.3 is 9.47 Å². The molecule has 0 aliphatic carbocycles. The molecule has 0 unspecified atom stereocenters. The predicted octanol–water partition coefficient (Wildman–Crippen LogP) is 6.69. The third-order valence-corrected chi connectivity index (χ3v) is 6.82. The minimum absolute atomic E-state index is 0.611. The molecule has 0 radical (unpaired) electrons. The molecule has 0 atom stereocenters. The summed E-state index contributed by atoms with van der Waals surface area (Å²) in [5.41, 5.74) is 8.83. The molecular formula is C28H28ClN5. The molecule has 0 fully saturated rings. The van der Waals surface area contributed by atoms with Crippen molar-refractivity contribution in [3.8, 4) is 0 Å². The van der Waals surface area contributed by atoms with Crippen LogP contribution in [0.15, 0.2) is 66.7 Å². The van der Waals surface area contributed by atoms with Gasteiger partial charge in [0.15, 0.2) is 0 Å². The van der Waals surface area contributed by atoms with Gasteiger partial charge in [0.25, 0.3) is 0 Å². The zero-order valence-corrected chi connectivity index (χ0v) is 20.4. The number of hydrogen-bond donors (Lipinski definition) is 0. The number of halogens is 1. The fraction of sp³-hybridized carbons (Fsp3) is 0.250. The van der Waals surface area contributed by atoms with Crippen LogP contribution in [0.3, 0.4) is 0 Å². The van der Waals surface area contributed by atoms with Crippen LogP contribution < -0.4 is 4.90 Å². The standard InChI is InChI=1S/C28H28ClN5/c1-4-19(2)23-11-21-8-6-10-33(3)28(21)26(13-23)32-16-24-12-22-7-5-9-25(29)27(22)34(24)17-20-14-30-18-31-15-20/h5,7,9,11-16,18H,2,4,6,8,10,17H2,1,3H3. The van der Waals surface area contributed by atoms with Crippen LogP contribution in [-0.4, -0.2) is 34.3 Å². The third kappa shape index (κ3) is 4.24. The van der Waals surface area contributed by atoms with Crippen LogP contribution in [0.1, 0.15) is 42.1 Å². The predicted molar refractivity (Wildman–Crippen MR) is 143 cm³/mol. The first-order chi connectivity index (χ1) is 16.5. The lowest BCUT2D eigenvalue weighted by Crippen LogP contribution is -2.24. The third-order valence-electron chi connectivity index (χ3n) is 6.52. The van der Waals surface area contributed by atoms with E-state index in [0.29, 0.717) is 11.6 Å². The second-order valence-corrected chi connectivity index (χ2v) is 9.23. The molecule has 34 heavy (non-hydrogen) atoms. The van der Waals surface area contributed by atoms with Gasteiger partial charge in [-0.15, -0.1) is 0 Å². The van der Waals surface area contributed by atoms with Crippen LogP contribution in [0.2, 0.25) is 5.02 Å². The molecule has 5 nitrogen and oxygen atoms in total. The lowest BCUT2D eigenvalue weighted by molar-refractivity contribution is 0.744. The van der Waals surface area contributed by atoms with Gasteiger partial charge in [0.2, 0.25) is 0 Å². The summed E-state index contributed by atoms with van der Waals surface area (Å²) >= 11 is 6.63. The Hall–Kier alpha value is -3.44. The summed E-state index contributed by atoms with van der Waals surface area (Å²) in [6.45, 7) is 8.07. The highest BCUT2D eigenvalue weighted by molar-refractivity contribution is 6.35. The molecule has 0 bridgehead atoms. The highest BCUT2D eigenvalue weighted by Crippen LogP contribution is 2.39. The molecule has 0 N–H and O–H groups in total. The number of benzene rings is 2. The van der Waals surface area contributed by atoms with Gasteiger partial charge in [0, 0.05) is 36.9 Å². The average molecular weight is 470 g/mol. The Labute approximate surface area is 205 Å². The maximum atomic E-state index is 6.63. The summed E-state index contributed by atoms with van der Waals surface area (Å²) in [5.74, 6) is 0. The average Bonchev–Trinajstić information content (AvgIpc) is 3.21. The summed E-state index contributed by atoms with van der Waals surface area (Å²) in [6.07, 6.45) is 10.3. The first-order valence-electron chi connectivity index (χ1n) is 11.7. The van der Waals surface area contributed by atoms with E-state index in [9.17, 15) is 0 Å². The second kappa shape index (κ2) is 9.43. The minimum atomic E-state index is 0.611. The number of fused-ring (bicyclic) bond motifs is 2. The van der Waals surface area contributed by atoms with E-state index >= 15 is 0 Å². The van der Waals surface area contributed by atoms with Crippen molar-refractivity contribution in [3.05, 3.63) is 89.1 Å². The summed E-state index contributed by atoms with van der Waals surface area (Å²) in [5, 5.41) is 1.80. The van der Waals surface area contributed by atoms with E-state index < -0.39 is 0 Å². The maximum absolute atomic E-state index is 6.63. The van der Waals surface area contributed by atoms with Crippen LogP contribution in [0.4, 0.5) is 11.4 Å². The summed E-state index contributed by atoms with van der Waals surface area (Å²) in [4.78, 5) is 15.7. The Balaban J connectivity index is 1.63. The Bertz CT molecular complexity index is 1390. The van der Waals surface area contributed by atoms with Crippen molar-refractivity contribution in [2.45, 2.75) is 32.7 Å². The molecule has 1 aliphatic rings. The molecule has 0 saturated heterocycles. The normalized spacial score (nSPS) is 13.6. The fourth-order valence-electron chi connectivity index (χ4n) is 4.74. The first kappa shape index (κ1) is 22.4. The van der Waals surface area contributed by atoms with Crippen molar-refractivity contribution in [1.29, 1.82) is 0 Å². The quantitative estimate of drug-likeness (QED) is 0.295. The number of para-hydroxylation sites is 1. The number of aromatic nitrogens is 3. The summed E-state index contributed by atoms with van der Waals surface area (Å²) < 4.78 is 2.19. The first-order valence-corrected chi connectivity index (χ1v) is 12.0.